The van der Waals surface area contributed by atoms with E-state index in [-0.39, 0.29) is 36.4 Å². The number of benzene rings is 1. The van der Waals surface area contributed by atoms with Gasteiger partial charge in [-0.15, -0.1) is 0 Å². The second kappa shape index (κ2) is 14.5. The molecule has 2 amide bonds. The number of carbonyl (C=O) groups is 3. The first-order chi connectivity index (χ1) is 17.6. The maximum atomic E-state index is 13.6. The Bertz CT molecular complexity index is 939. The number of hydrogen-bond donors (Lipinski definition) is 1. The second-order valence-corrected chi connectivity index (χ2v) is 10.4. The van der Waals surface area contributed by atoms with Crippen molar-refractivity contribution in [3.05, 3.63) is 30.4 Å². The van der Waals surface area contributed by atoms with E-state index in [1.165, 1.54) is 20.1 Å². The van der Waals surface area contributed by atoms with Crippen molar-refractivity contribution in [3.8, 4) is 11.5 Å². The van der Waals surface area contributed by atoms with Gasteiger partial charge in [0, 0.05) is 19.5 Å². The van der Waals surface area contributed by atoms with E-state index in [9.17, 15) is 14.4 Å². The summed E-state index contributed by atoms with van der Waals surface area (Å²) in [5, 5.41) is 2.66. The van der Waals surface area contributed by atoms with Gasteiger partial charge in [0.15, 0.2) is 11.5 Å². The predicted molar refractivity (Wildman–Crippen MR) is 142 cm³/mol. The molecular formula is C28H42N2O7. The lowest BCUT2D eigenvalue weighted by atomic mass is 9.89. The Morgan fingerprint density at radius 3 is 2.54 bits per heavy atom. The summed E-state index contributed by atoms with van der Waals surface area (Å²) < 4.78 is 21.8. The van der Waals surface area contributed by atoms with Gasteiger partial charge in [-0.05, 0) is 37.2 Å². The zero-order chi connectivity index (χ0) is 27.4. The van der Waals surface area contributed by atoms with Crippen LogP contribution in [-0.4, -0.2) is 62.4 Å². The van der Waals surface area contributed by atoms with E-state index in [2.05, 4.69) is 32.7 Å². The van der Waals surface area contributed by atoms with E-state index in [0.29, 0.717) is 30.1 Å². The minimum atomic E-state index is -0.717. The van der Waals surface area contributed by atoms with Crippen molar-refractivity contribution in [2.45, 2.75) is 72.3 Å². The van der Waals surface area contributed by atoms with Crippen LogP contribution in [0, 0.1) is 5.41 Å². The summed E-state index contributed by atoms with van der Waals surface area (Å²) in [4.78, 5) is 38.9. The number of likely N-dealkylation sites (tertiary alicyclic amines) is 1. The highest BCUT2D eigenvalue weighted by atomic mass is 16.5. The average Bonchev–Trinajstić information content (AvgIpc) is 3.31. The first-order valence-corrected chi connectivity index (χ1v) is 12.9. The minimum Gasteiger partial charge on any atom is -0.493 e. The van der Waals surface area contributed by atoms with Gasteiger partial charge in [0.2, 0.25) is 0 Å². The van der Waals surface area contributed by atoms with Crippen LogP contribution in [-0.2, 0) is 14.3 Å². The Hall–Kier alpha value is -3.23. The fraction of sp³-hybridized carbons (Fsp3) is 0.607. The van der Waals surface area contributed by atoms with E-state index in [0.717, 1.165) is 38.5 Å². The summed E-state index contributed by atoms with van der Waals surface area (Å²) in [6.45, 7) is 12.7. The number of carbonyl (C=O) groups excluding carboxylic acids is 3. The Morgan fingerprint density at radius 1 is 1.14 bits per heavy atom. The van der Waals surface area contributed by atoms with E-state index in [1.54, 1.807) is 17.0 Å². The van der Waals surface area contributed by atoms with Crippen LogP contribution in [0.2, 0.25) is 0 Å². The van der Waals surface area contributed by atoms with Gasteiger partial charge in [-0.2, -0.15) is 0 Å². The molecule has 0 radical (unpaired) electrons. The molecule has 0 aromatic heterocycles. The van der Waals surface area contributed by atoms with Gasteiger partial charge in [-0.3, -0.25) is 14.9 Å². The van der Waals surface area contributed by atoms with Crippen molar-refractivity contribution in [2.24, 2.45) is 5.41 Å². The lowest BCUT2D eigenvalue weighted by Gasteiger charge is -2.26. The molecule has 2 rings (SSSR count). The normalized spacial score (nSPS) is 15.2. The number of hydrogen-bond acceptors (Lipinski definition) is 7. The third-order valence-electron chi connectivity index (χ3n) is 6.05. The molecule has 0 aliphatic carbocycles. The Kier molecular flexibility index (Phi) is 11.8. The van der Waals surface area contributed by atoms with Crippen LogP contribution in [0.4, 0.5) is 10.5 Å². The SMILES string of the molecule is C=CCOC(=O)Nc1cc(OCCCCCC(C)(C)C)c(OC)cc1C(=O)N1CCC[C@H]1COC(C)=O. The van der Waals surface area contributed by atoms with Crippen molar-refractivity contribution in [1.29, 1.82) is 0 Å². The summed E-state index contributed by atoms with van der Waals surface area (Å²) in [5.74, 6) is 0.111. The molecule has 1 aromatic carbocycles. The summed E-state index contributed by atoms with van der Waals surface area (Å²) in [6, 6.07) is 2.92. The summed E-state index contributed by atoms with van der Waals surface area (Å²) in [6.07, 6.45) is 6.41. The quantitative estimate of drug-likeness (QED) is 0.206. The van der Waals surface area contributed by atoms with Crippen molar-refractivity contribution >= 4 is 23.7 Å². The Morgan fingerprint density at radius 2 is 1.89 bits per heavy atom. The third-order valence-corrected chi connectivity index (χ3v) is 6.05. The number of nitrogens with zero attached hydrogens (tertiary/aromatic N) is 1. The topological polar surface area (TPSA) is 103 Å². The standard InChI is InChI=1S/C28H42N2O7/c1-7-15-36-27(33)29-23-18-25(35-16-10-8-9-13-28(3,4)5)24(34-6)17-22(23)26(32)30-14-11-12-21(30)19-37-20(2)31/h7,17-18,21H,1,8-16,19H2,2-6H3,(H,29,33)/t21-/m0/s1. The van der Waals surface area contributed by atoms with Crippen LogP contribution in [0.15, 0.2) is 24.8 Å². The van der Waals surface area contributed by atoms with Crippen molar-refractivity contribution in [2.75, 3.05) is 38.8 Å². The molecule has 1 aliphatic heterocycles. The zero-order valence-corrected chi connectivity index (χ0v) is 22.9. The minimum absolute atomic E-state index is 0.0276. The molecule has 0 bridgehead atoms. The molecular weight excluding hydrogens is 476 g/mol. The fourth-order valence-electron chi connectivity index (χ4n) is 4.15. The van der Waals surface area contributed by atoms with Crippen LogP contribution in [0.1, 0.15) is 76.6 Å². The molecule has 1 saturated heterocycles. The highest BCUT2D eigenvalue weighted by Gasteiger charge is 2.32. The molecule has 1 aliphatic rings. The average molecular weight is 519 g/mol. The zero-order valence-electron chi connectivity index (χ0n) is 22.9. The Labute approximate surface area is 220 Å². The monoisotopic (exact) mass is 518 g/mol. The number of rotatable bonds is 13. The number of methoxy groups -OCH3 is 1. The fourth-order valence-corrected chi connectivity index (χ4v) is 4.15. The van der Waals surface area contributed by atoms with Crippen molar-refractivity contribution in [3.63, 3.8) is 0 Å². The van der Waals surface area contributed by atoms with Crippen LogP contribution in [0.5, 0.6) is 11.5 Å². The molecule has 37 heavy (non-hydrogen) atoms. The van der Waals surface area contributed by atoms with Gasteiger partial charge in [0.25, 0.3) is 5.91 Å². The molecule has 9 nitrogen and oxygen atoms in total. The first kappa shape index (κ1) is 30.0. The second-order valence-electron chi connectivity index (χ2n) is 10.4. The summed E-state index contributed by atoms with van der Waals surface area (Å²) in [5.41, 5.74) is 0.792. The number of unbranched alkanes of at least 4 members (excludes halogenated alkanes) is 2. The highest BCUT2D eigenvalue weighted by molar-refractivity contribution is 6.03. The van der Waals surface area contributed by atoms with Crippen molar-refractivity contribution < 1.29 is 33.3 Å². The highest BCUT2D eigenvalue weighted by Crippen LogP contribution is 2.36. The number of esters is 1. The van der Waals surface area contributed by atoms with Crippen LogP contribution < -0.4 is 14.8 Å². The number of anilines is 1. The molecule has 0 spiro atoms. The lowest BCUT2D eigenvalue weighted by molar-refractivity contribution is -0.142. The first-order valence-electron chi connectivity index (χ1n) is 12.9. The molecule has 0 unspecified atom stereocenters. The molecule has 9 heteroatoms. The molecule has 1 atom stereocenters. The van der Waals surface area contributed by atoms with Gasteiger partial charge >= 0.3 is 12.1 Å². The van der Waals surface area contributed by atoms with Crippen LogP contribution >= 0.6 is 0 Å². The largest absolute Gasteiger partial charge is 0.493 e. The molecule has 1 heterocycles. The van der Waals surface area contributed by atoms with Gasteiger partial charge in [0.05, 0.1) is 31.0 Å². The number of amides is 2. The number of nitrogens with one attached hydrogen (secondary N) is 1. The molecule has 1 aromatic rings. The van der Waals surface area contributed by atoms with Gasteiger partial charge in [-0.25, -0.2) is 4.79 Å². The van der Waals surface area contributed by atoms with Crippen LogP contribution in [0.3, 0.4) is 0 Å². The van der Waals surface area contributed by atoms with E-state index < -0.39 is 12.1 Å². The lowest BCUT2D eigenvalue weighted by Crippen LogP contribution is -2.39. The summed E-state index contributed by atoms with van der Waals surface area (Å²) >= 11 is 0. The number of ether oxygens (including phenoxy) is 4. The molecule has 1 fully saturated rings. The van der Waals surface area contributed by atoms with E-state index >= 15 is 0 Å². The summed E-state index contributed by atoms with van der Waals surface area (Å²) in [7, 11) is 1.50. The van der Waals surface area contributed by atoms with Gasteiger partial charge in [0.1, 0.15) is 13.2 Å². The predicted octanol–water partition coefficient (Wildman–Crippen LogP) is 5.58. The van der Waals surface area contributed by atoms with Crippen LogP contribution in [0.25, 0.3) is 0 Å². The van der Waals surface area contributed by atoms with Gasteiger partial charge < -0.3 is 23.8 Å². The Balaban J connectivity index is 2.23. The smallest absolute Gasteiger partial charge is 0.411 e. The maximum absolute atomic E-state index is 13.6. The van der Waals surface area contributed by atoms with Gasteiger partial charge in [-0.1, -0.05) is 46.3 Å². The molecule has 206 valence electrons. The molecule has 1 N–H and O–H groups in total. The third kappa shape index (κ3) is 9.98. The van der Waals surface area contributed by atoms with E-state index in [1.807, 2.05) is 0 Å². The van der Waals surface area contributed by atoms with E-state index in [4.69, 9.17) is 18.9 Å². The van der Waals surface area contributed by atoms with Crippen molar-refractivity contribution in [1.82, 2.24) is 4.90 Å². The molecule has 0 saturated carbocycles. The maximum Gasteiger partial charge on any atom is 0.411 e.